The summed E-state index contributed by atoms with van der Waals surface area (Å²) in [7, 11) is 5.61. The molecule has 0 saturated heterocycles. The molecule has 0 spiro atoms. The van der Waals surface area contributed by atoms with Crippen LogP contribution in [0.4, 0.5) is 0 Å². The second-order valence-electron chi connectivity index (χ2n) is 4.53. The van der Waals surface area contributed by atoms with Gasteiger partial charge in [-0.05, 0) is 27.1 Å². The Labute approximate surface area is 110 Å². The molecule has 0 radical (unpaired) electrons. The van der Waals surface area contributed by atoms with Crippen molar-refractivity contribution in [1.82, 2.24) is 10.2 Å². The fraction of sp³-hybridized carbons (Fsp3) is 0.571. The maximum Gasteiger partial charge on any atom is 0.123 e. The Balaban J connectivity index is 2.76. The lowest BCUT2D eigenvalue weighted by Gasteiger charge is -2.29. The average Bonchev–Trinajstić information content (AvgIpc) is 2.43. The molecule has 0 aliphatic heterocycles. The highest BCUT2D eigenvalue weighted by molar-refractivity contribution is 5.35. The third-order valence-corrected chi connectivity index (χ3v) is 3.39. The van der Waals surface area contributed by atoms with Gasteiger partial charge in [0.1, 0.15) is 5.75 Å². The number of aliphatic hydroxyl groups is 1. The second-order valence-corrected chi connectivity index (χ2v) is 4.53. The summed E-state index contributed by atoms with van der Waals surface area (Å²) in [6.45, 7) is 3.06. The van der Waals surface area contributed by atoms with Crippen LogP contribution in [0.2, 0.25) is 0 Å². The van der Waals surface area contributed by atoms with Crippen molar-refractivity contribution >= 4 is 0 Å². The van der Waals surface area contributed by atoms with E-state index in [1.807, 2.05) is 25.2 Å². The number of aliphatic hydroxyl groups excluding tert-OH is 1. The number of nitrogens with one attached hydrogen (secondary N) is 1. The van der Waals surface area contributed by atoms with Crippen LogP contribution < -0.4 is 10.1 Å². The molecule has 0 bridgehead atoms. The average molecular weight is 252 g/mol. The van der Waals surface area contributed by atoms with Crippen molar-refractivity contribution in [3.8, 4) is 5.75 Å². The predicted octanol–water partition coefficient (Wildman–Crippen LogP) is 1.27. The van der Waals surface area contributed by atoms with E-state index in [2.05, 4.69) is 30.3 Å². The molecule has 1 aromatic rings. The Bertz CT molecular complexity index is 353. The standard InChI is InChI=1S/C14H24N2O2/c1-11(16(3)9-12(10-17)15-2)13-7-5-6-8-14(13)18-4/h5-8,11-12,15,17H,9-10H2,1-4H3/t11-,12+/m0/s1. The first-order valence-corrected chi connectivity index (χ1v) is 6.25. The molecule has 2 N–H and O–H groups in total. The van der Waals surface area contributed by atoms with Gasteiger partial charge < -0.3 is 15.2 Å². The fourth-order valence-electron chi connectivity index (χ4n) is 2.00. The van der Waals surface area contributed by atoms with E-state index in [4.69, 9.17) is 4.74 Å². The van der Waals surface area contributed by atoms with Gasteiger partial charge in [0.15, 0.2) is 0 Å². The minimum absolute atomic E-state index is 0.0900. The Kier molecular flexibility index (Phi) is 6.12. The van der Waals surface area contributed by atoms with E-state index in [0.717, 1.165) is 17.9 Å². The Morgan fingerprint density at radius 2 is 2.06 bits per heavy atom. The topological polar surface area (TPSA) is 44.7 Å². The number of para-hydroxylation sites is 1. The molecule has 0 aliphatic rings. The van der Waals surface area contributed by atoms with Crippen LogP contribution in [0.1, 0.15) is 18.5 Å². The van der Waals surface area contributed by atoms with Crippen LogP contribution in [-0.4, -0.2) is 50.4 Å². The molecule has 0 unspecified atom stereocenters. The quantitative estimate of drug-likeness (QED) is 0.767. The molecule has 102 valence electrons. The van der Waals surface area contributed by atoms with Crippen LogP contribution in [0.15, 0.2) is 24.3 Å². The zero-order valence-corrected chi connectivity index (χ0v) is 11.7. The van der Waals surface area contributed by atoms with Crippen LogP contribution in [0, 0.1) is 0 Å². The number of ether oxygens (including phenoxy) is 1. The molecule has 4 heteroatoms. The molecule has 0 saturated carbocycles. The van der Waals surface area contributed by atoms with Gasteiger partial charge in [-0.2, -0.15) is 0 Å². The predicted molar refractivity (Wildman–Crippen MR) is 74.0 cm³/mol. The summed E-state index contributed by atoms with van der Waals surface area (Å²) in [4.78, 5) is 2.20. The molecule has 1 aromatic carbocycles. The normalized spacial score (nSPS) is 14.6. The summed E-state index contributed by atoms with van der Waals surface area (Å²) in [5.74, 6) is 0.904. The van der Waals surface area contributed by atoms with Gasteiger partial charge in [0.2, 0.25) is 0 Å². The van der Waals surface area contributed by atoms with E-state index in [1.54, 1.807) is 7.11 Å². The van der Waals surface area contributed by atoms with Crippen molar-refractivity contribution in [2.45, 2.75) is 19.0 Å². The zero-order chi connectivity index (χ0) is 13.5. The number of hydrogen-bond donors (Lipinski definition) is 2. The van der Waals surface area contributed by atoms with Crippen LogP contribution in [0.5, 0.6) is 5.75 Å². The molecule has 18 heavy (non-hydrogen) atoms. The first-order chi connectivity index (χ1) is 8.63. The van der Waals surface area contributed by atoms with Gasteiger partial charge in [-0.25, -0.2) is 0 Å². The lowest BCUT2D eigenvalue weighted by Crippen LogP contribution is -2.41. The summed E-state index contributed by atoms with van der Waals surface area (Å²) in [6, 6.07) is 8.37. The van der Waals surface area contributed by atoms with Crippen molar-refractivity contribution in [3.05, 3.63) is 29.8 Å². The molecule has 4 nitrogen and oxygen atoms in total. The van der Waals surface area contributed by atoms with E-state index in [0.29, 0.717) is 0 Å². The number of likely N-dealkylation sites (N-methyl/N-ethyl adjacent to an activating group) is 2. The van der Waals surface area contributed by atoms with Gasteiger partial charge in [0, 0.05) is 24.2 Å². The largest absolute Gasteiger partial charge is 0.496 e. The van der Waals surface area contributed by atoms with Crippen molar-refractivity contribution in [2.75, 3.05) is 34.4 Å². The van der Waals surface area contributed by atoms with E-state index < -0.39 is 0 Å². The fourth-order valence-corrected chi connectivity index (χ4v) is 2.00. The van der Waals surface area contributed by atoms with Crippen LogP contribution >= 0.6 is 0 Å². The van der Waals surface area contributed by atoms with Gasteiger partial charge in [-0.15, -0.1) is 0 Å². The first kappa shape index (κ1) is 15.0. The summed E-state index contributed by atoms with van der Waals surface area (Å²) >= 11 is 0. The molecule has 2 atom stereocenters. The summed E-state index contributed by atoms with van der Waals surface area (Å²) < 4.78 is 5.38. The first-order valence-electron chi connectivity index (χ1n) is 6.25. The minimum Gasteiger partial charge on any atom is -0.496 e. The van der Waals surface area contributed by atoms with Gasteiger partial charge in [0.25, 0.3) is 0 Å². The number of benzene rings is 1. The zero-order valence-electron chi connectivity index (χ0n) is 11.7. The van der Waals surface area contributed by atoms with Crippen molar-refractivity contribution in [3.63, 3.8) is 0 Å². The number of methoxy groups -OCH3 is 1. The third-order valence-electron chi connectivity index (χ3n) is 3.39. The minimum atomic E-state index is 0.0900. The van der Waals surface area contributed by atoms with Crippen molar-refractivity contribution in [1.29, 1.82) is 0 Å². The van der Waals surface area contributed by atoms with Crippen LogP contribution in [0.3, 0.4) is 0 Å². The molecule has 1 rings (SSSR count). The molecule has 0 amide bonds. The van der Waals surface area contributed by atoms with Gasteiger partial charge in [0.05, 0.1) is 13.7 Å². The van der Waals surface area contributed by atoms with E-state index >= 15 is 0 Å². The van der Waals surface area contributed by atoms with Gasteiger partial charge in [-0.1, -0.05) is 18.2 Å². The second kappa shape index (κ2) is 7.36. The molecular weight excluding hydrogens is 228 g/mol. The Morgan fingerprint density at radius 3 is 2.61 bits per heavy atom. The summed E-state index contributed by atoms with van der Waals surface area (Å²) in [6.07, 6.45) is 0. The van der Waals surface area contributed by atoms with E-state index in [-0.39, 0.29) is 18.7 Å². The highest BCUT2D eigenvalue weighted by Gasteiger charge is 2.18. The molecule has 0 aliphatic carbocycles. The monoisotopic (exact) mass is 252 g/mol. The number of hydrogen-bond acceptors (Lipinski definition) is 4. The lowest BCUT2D eigenvalue weighted by atomic mass is 10.1. The highest BCUT2D eigenvalue weighted by Crippen LogP contribution is 2.27. The molecule has 0 heterocycles. The van der Waals surface area contributed by atoms with E-state index in [1.165, 1.54) is 0 Å². The van der Waals surface area contributed by atoms with Gasteiger partial charge >= 0.3 is 0 Å². The SMILES string of the molecule is CN[C@@H](CO)CN(C)[C@@H](C)c1ccccc1OC. The highest BCUT2D eigenvalue weighted by atomic mass is 16.5. The summed E-state index contributed by atoms with van der Waals surface area (Å²) in [5, 5.41) is 12.3. The van der Waals surface area contributed by atoms with Crippen molar-refractivity contribution in [2.24, 2.45) is 0 Å². The van der Waals surface area contributed by atoms with E-state index in [9.17, 15) is 5.11 Å². The summed E-state index contributed by atoms with van der Waals surface area (Å²) in [5.41, 5.74) is 1.16. The van der Waals surface area contributed by atoms with Crippen molar-refractivity contribution < 1.29 is 9.84 Å². The Hall–Kier alpha value is -1.10. The lowest BCUT2D eigenvalue weighted by molar-refractivity contribution is 0.178. The molecule has 0 fully saturated rings. The maximum absolute atomic E-state index is 9.21. The number of nitrogens with zero attached hydrogens (tertiary/aromatic N) is 1. The smallest absolute Gasteiger partial charge is 0.123 e. The maximum atomic E-state index is 9.21. The molecular formula is C14H24N2O2. The Morgan fingerprint density at radius 1 is 1.39 bits per heavy atom. The van der Waals surface area contributed by atoms with Gasteiger partial charge in [-0.3, -0.25) is 4.90 Å². The van der Waals surface area contributed by atoms with Crippen LogP contribution in [0.25, 0.3) is 0 Å². The third kappa shape index (κ3) is 3.70. The number of rotatable bonds is 7. The van der Waals surface area contributed by atoms with Crippen LogP contribution in [-0.2, 0) is 0 Å². The molecule has 0 aromatic heterocycles.